The number of hydrogen-bond acceptors (Lipinski definition) is 7. The van der Waals surface area contributed by atoms with E-state index >= 15 is 0 Å². The highest BCUT2D eigenvalue weighted by molar-refractivity contribution is 7.47. The Bertz CT molecular complexity index is 840. The molecule has 296 valence electrons. The molecule has 10 heteroatoms. The maximum Gasteiger partial charge on any atom is 0.472 e. The number of rotatable bonds is 39. The van der Waals surface area contributed by atoms with Gasteiger partial charge in [-0.2, -0.15) is 0 Å². The molecule has 0 saturated heterocycles. The summed E-state index contributed by atoms with van der Waals surface area (Å²) in [5, 5.41) is 12.7. The topological polar surface area (TPSA) is 131 Å². The number of nitrogens with one attached hydrogen (secondary N) is 1. The lowest BCUT2D eigenvalue weighted by Gasteiger charge is -2.15. The van der Waals surface area contributed by atoms with Crippen molar-refractivity contribution < 1.29 is 37.9 Å². The Kier molecular flexibility index (Phi) is 36.6. The van der Waals surface area contributed by atoms with Gasteiger partial charge in [0.25, 0.3) is 0 Å². The van der Waals surface area contributed by atoms with Crippen LogP contribution in [0.2, 0.25) is 0 Å². The van der Waals surface area contributed by atoms with E-state index in [1.807, 2.05) is 0 Å². The minimum atomic E-state index is -4.41. The first-order chi connectivity index (χ1) is 24.3. The molecule has 0 rings (SSSR count). The van der Waals surface area contributed by atoms with Gasteiger partial charge < -0.3 is 20.1 Å². The highest BCUT2D eigenvalue weighted by Gasteiger charge is 2.23. The normalized spacial score (nSPS) is 13.4. The van der Waals surface area contributed by atoms with E-state index in [9.17, 15) is 24.2 Å². The predicted octanol–water partition coefficient (Wildman–Crippen LogP) is 11.0. The Morgan fingerprint density at radius 2 is 1.02 bits per heavy atom. The number of unbranched alkanes of at least 4 members (excludes halogenated alkanes) is 24. The van der Waals surface area contributed by atoms with Crippen LogP contribution in [0, 0.1) is 0 Å². The second kappa shape index (κ2) is 37.5. The molecular weight excluding hydrogens is 653 g/mol. The number of ether oxygens (including phenoxy) is 1. The van der Waals surface area contributed by atoms with Crippen LogP contribution in [0.3, 0.4) is 0 Å². The van der Waals surface area contributed by atoms with Crippen LogP contribution in [-0.2, 0) is 27.9 Å². The lowest BCUT2D eigenvalue weighted by molar-refractivity contribution is -0.147. The van der Waals surface area contributed by atoms with Crippen molar-refractivity contribution in [3.63, 3.8) is 0 Å². The van der Waals surface area contributed by atoms with E-state index in [1.165, 1.54) is 116 Å². The summed E-state index contributed by atoms with van der Waals surface area (Å²) in [6.45, 7) is 3.54. The Morgan fingerprint density at radius 1 is 0.600 bits per heavy atom. The van der Waals surface area contributed by atoms with Crippen LogP contribution >= 0.6 is 7.82 Å². The number of aliphatic hydroxyl groups is 1. The fraction of sp³-hybridized carbons (Fsp3) is 0.900. The second-order valence-corrected chi connectivity index (χ2v) is 15.4. The van der Waals surface area contributed by atoms with Gasteiger partial charge in [0.05, 0.1) is 13.2 Å². The minimum Gasteiger partial charge on any atom is -0.463 e. The molecule has 2 atom stereocenters. The van der Waals surface area contributed by atoms with Gasteiger partial charge in [-0.3, -0.25) is 18.6 Å². The molecular formula is C40H78NO8P. The van der Waals surface area contributed by atoms with Gasteiger partial charge >= 0.3 is 13.8 Å². The summed E-state index contributed by atoms with van der Waals surface area (Å²) in [4.78, 5) is 33.8. The fourth-order valence-corrected chi connectivity index (χ4v) is 6.54. The van der Waals surface area contributed by atoms with E-state index in [0.717, 1.165) is 57.8 Å². The third-order valence-corrected chi connectivity index (χ3v) is 9.93. The van der Waals surface area contributed by atoms with Gasteiger partial charge in [0.1, 0.15) is 12.7 Å². The summed E-state index contributed by atoms with van der Waals surface area (Å²) >= 11 is 0. The van der Waals surface area contributed by atoms with Crippen LogP contribution in [-0.4, -0.2) is 54.3 Å². The molecule has 0 aliphatic carbocycles. The van der Waals surface area contributed by atoms with Crippen molar-refractivity contribution in [1.29, 1.82) is 0 Å². The molecule has 9 nitrogen and oxygen atoms in total. The molecule has 0 aliphatic rings. The number of hydrogen-bond donors (Lipinski definition) is 3. The van der Waals surface area contributed by atoms with Crippen molar-refractivity contribution >= 4 is 19.7 Å². The highest BCUT2D eigenvalue weighted by Crippen LogP contribution is 2.42. The number of phosphoric ester groups is 1. The van der Waals surface area contributed by atoms with Gasteiger partial charge in [-0.15, -0.1) is 0 Å². The molecule has 0 aromatic carbocycles. The summed E-state index contributed by atoms with van der Waals surface area (Å²) in [6, 6.07) is 0. The monoisotopic (exact) mass is 732 g/mol. The molecule has 0 radical (unpaired) electrons. The Labute approximate surface area is 307 Å². The number of carbonyl (C=O) groups is 2. The zero-order chi connectivity index (χ0) is 36.8. The summed E-state index contributed by atoms with van der Waals surface area (Å²) < 4.78 is 26.8. The first-order valence-corrected chi connectivity index (χ1v) is 22.2. The van der Waals surface area contributed by atoms with Crippen molar-refractivity contribution in [3.8, 4) is 0 Å². The van der Waals surface area contributed by atoms with Crippen molar-refractivity contribution in [3.05, 3.63) is 12.2 Å². The third-order valence-electron chi connectivity index (χ3n) is 8.95. The lowest BCUT2D eigenvalue weighted by atomic mass is 10.0. The number of carbonyl (C=O) groups excluding carboxylic acids is 2. The maximum absolute atomic E-state index is 12.1. The fourth-order valence-electron chi connectivity index (χ4n) is 5.79. The smallest absolute Gasteiger partial charge is 0.463 e. The number of esters is 1. The number of phosphoric acid groups is 1. The average molecular weight is 732 g/mol. The van der Waals surface area contributed by atoms with E-state index in [1.54, 1.807) is 0 Å². The van der Waals surface area contributed by atoms with Gasteiger partial charge in [0, 0.05) is 19.4 Å². The van der Waals surface area contributed by atoms with Crippen LogP contribution in [0.1, 0.15) is 200 Å². The van der Waals surface area contributed by atoms with E-state index in [-0.39, 0.29) is 32.1 Å². The van der Waals surface area contributed by atoms with Crippen molar-refractivity contribution in [2.45, 2.75) is 206 Å². The highest BCUT2D eigenvalue weighted by atomic mass is 31.2. The van der Waals surface area contributed by atoms with Crippen molar-refractivity contribution in [1.82, 2.24) is 5.32 Å². The quantitative estimate of drug-likeness (QED) is 0.0246. The molecule has 1 amide bonds. The largest absolute Gasteiger partial charge is 0.472 e. The van der Waals surface area contributed by atoms with Gasteiger partial charge in [0.2, 0.25) is 5.91 Å². The Hall–Kier alpha value is -1.25. The second-order valence-electron chi connectivity index (χ2n) is 14.0. The summed E-state index contributed by atoms with van der Waals surface area (Å²) in [5.74, 6) is -0.519. The predicted molar refractivity (Wildman–Crippen MR) is 206 cm³/mol. The van der Waals surface area contributed by atoms with Gasteiger partial charge in [0.15, 0.2) is 0 Å². The molecule has 0 bridgehead atoms. The molecule has 3 N–H and O–H groups in total. The van der Waals surface area contributed by atoms with Crippen LogP contribution in [0.4, 0.5) is 0 Å². The Morgan fingerprint density at radius 3 is 1.54 bits per heavy atom. The molecule has 0 spiro atoms. The van der Waals surface area contributed by atoms with Gasteiger partial charge in [-0.05, 0) is 38.5 Å². The molecule has 0 aromatic heterocycles. The van der Waals surface area contributed by atoms with E-state index in [4.69, 9.17) is 13.8 Å². The molecule has 2 unspecified atom stereocenters. The molecule has 0 heterocycles. The summed E-state index contributed by atoms with van der Waals surface area (Å²) in [5.41, 5.74) is 0. The number of amides is 1. The Balaban J connectivity index is 3.58. The van der Waals surface area contributed by atoms with E-state index in [2.05, 4.69) is 31.3 Å². The number of allylic oxidation sites excluding steroid dienone is 2. The standard InChI is InChI=1S/C40H78NO8P/c1-3-5-7-9-11-13-15-17-18-19-20-21-22-24-26-28-30-32-39(43)41-34-35-48-50(45,46)49-37-38(42)36-47-40(44)33-31-29-27-25-23-16-14-12-10-8-6-4-2/h12,14,38,42H,3-11,13,15-37H2,1-2H3,(H,41,43)(H,45,46)/b14-12-. The molecule has 0 aromatic rings. The zero-order valence-corrected chi connectivity index (χ0v) is 33.3. The first kappa shape index (κ1) is 48.8. The molecule has 0 saturated carbocycles. The van der Waals surface area contributed by atoms with E-state index < -0.39 is 26.5 Å². The average Bonchev–Trinajstić information content (AvgIpc) is 3.10. The van der Waals surface area contributed by atoms with E-state index in [0.29, 0.717) is 6.42 Å². The lowest BCUT2D eigenvalue weighted by Crippen LogP contribution is -2.27. The maximum atomic E-state index is 12.1. The van der Waals surface area contributed by atoms with Crippen molar-refractivity contribution in [2.75, 3.05) is 26.4 Å². The molecule has 50 heavy (non-hydrogen) atoms. The van der Waals surface area contributed by atoms with Crippen LogP contribution < -0.4 is 5.32 Å². The van der Waals surface area contributed by atoms with Gasteiger partial charge in [-0.25, -0.2) is 4.57 Å². The van der Waals surface area contributed by atoms with Crippen LogP contribution in [0.25, 0.3) is 0 Å². The summed E-state index contributed by atoms with van der Waals surface area (Å²) in [6.07, 6.45) is 37.1. The number of aliphatic hydroxyl groups excluding tert-OH is 1. The SMILES string of the molecule is CCCCC/C=C\CCCCCCCC(=O)OCC(O)COP(=O)(O)OCCNC(=O)CCCCCCCCCCCCCCCCCCC. The first-order valence-electron chi connectivity index (χ1n) is 20.7. The van der Waals surface area contributed by atoms with Crippen LogP contribution in [0.5, 0.6) is 0 Å². The third kappa shape index (κ3) is 38.0. The zero-order valence-electron chi connectivity index (χ0n) is 32.4. The van der Waals surface area contributed by atoms with Gasteiger partial charge in [-0.1, -0.05) is 161 Å². The minimum absolute atomic E-state index is 0.0854. The van der Waals surface area contributed by atoms with Crippen LogP contribution in [0.15, 0.2) is 12.2 Å². The molecule has 0 aliphatic heterocycles. The van der Waals surface area contributed by atoms with Crippen molar-refractivity contribution in [2.24, 2.45) is 0 Å². The molecule has 0 fully saturated rings. The summed E-state index contributed by atoms with van der Waals surface area (Å²) in [7, 11) is -4.41.